The Balaban J connectivity index is 2.67. The molecule has 0 fully saturated rings. The summed E-state index contributed by atoms with van der Waals surface area (Å²) in [6.45, 7) is 0.276. The van der Waals surface area contributed by atoms with Gasteiger partial charge in [-0.2, -0.15) is 0 Å². The average molecular weight is 221 g/mol. The highest BCUT2D eigenvalue weighted by Crippen LogP contribution is 2.24. The third-order valence-electron chi connectivity index (χ3n) is 1.33. The van der Waals surface area contributed by atoms with E-state index in [1.165, 1.54) is 13.4 Å². The molecule has 3 nitrogen and oxygen atoms in total. The van der Waals surface area contributed by atoms with E-state index in [0.29, 0.717) is 10.2 Å². The third kappa shape index (κ3) is 2.05. The Morgan fingerprint density at radius 2 is 2.55 bits per heavy atom. The standard InChI is InChI=1S/C7H9BrO3/c1-10-4-6(9)5-2-3-11-7(5)8/h2-3,6,9H,4H2,1H3. The fraction of sp³-hybridized carbons (Fsp3) is 0.429. The number of hydrogen-bond acceptors (Lipinski definition) is 3. The molecule has 1 aromatic heterocycles. The molecule has 62 valence electrons. The van der Waals surface area contributed by atoms with Crippen LogP contribution in [0.25, 0.3) is 0 Å². The van der Waals surface area contributed by atoms with Crippen molar-refractivity contribution in [3.05, 3.63) is 22.6 Å². The van der Waals surface area contributed by atoms with E-state index in [4.69, 9.17) is 9.15 Å². The molecule has 1 heterocycles. The predicted molar refractivity (Wildman–Crippen MR) is 43.2 cm³/mol. The van der Waals surface area contributed by atoms with Crippen LogP contribution in [0.5, 0.6) is 0 Å². The summed E-state index contributed by atoms with van der Waals surface area (Å²) in [6, 6.07) is 1.70. The van der Waals surface area contributed by atoms with Crippen molar-refractivity contribution in [1.29, 1.82) is 0 Å². The summed E-state index contributed by atoms with van der Waals surface area (Å²) in [4.78, 5) is 0. The maximum atomic E-state index is 9.38. The Bertz CT molecular complexity index is 221. The largest absolute Gasteiger partial charge is 0.457 e. The van der Waals surface area contributed by atoms with Gasteiger partial charge in [0.1, 0.15) is 6.10 Å². The molecule has 0 amide bonds. The van der Waals surface area contributed by atoms with Crippen molar-refractivity contribution in [2.24, 2.45) is 0 Å². The molecule has 1 rings (SSSR count). The summed E-state index contributed by atoms with van der Waals surface area (Å²) < 4.78 is 10.3. The van der Waals surface area contributed by atoms with Crippen LogP contribution in [-0.4, -0.2) is 18.8 Å². The minimum atomic E-state index is -0.617. The number of aliphatic hydroxyl groups is 1. The van der Waals surface area contributed by atoms with E-state index in [1.54, 1.807) is 6.07 Å². The van der Waals surface area contributed by atoms with Gasteiger partial charge in [0.05, 0.1) is 12.9 Å². The van der Waals surface area contributed by atoms with Gasteiger partial charge in [0.15, 0.2) is 4.67 Å². The maximum Gasteiger partial charge on any atom is 0.174 e. The molecule has 1 N–H and O–H groups in total. The molecule has 0 radical (unpaired) electrons. The zero-order valence-corrected chi connectivity index (χ0v) is 7.67. The summed E-state index contributed by atoms with van der Waals surface area (Å²) in [7, 11) is 1.54. The van der Waals surface area contributed by atoms with E-state index >= 15 is 0 Å². The first-order chi connectivity index (χ1) is 5.25. The summed E-state index contributed by atoms with van der Waals surface area (Å²) in [5, 5.41) is 9.38. The first-order valence-electron chi connectivity index (χ1n) is 3.15. The number of furan rings is 1. The smallest absolute Gasteiger partial charge is 0.174 e. The van der Waals surface area contributed by atoms with E-state index < -0.39 is 6.10 Å². The van der Waals surface area contributed by atoms with Crippen molar-refractivity contribution in [3.63, 3.8) is 0 Å². The lowest BCUT2D eigenvalue weighted by Gasteiger charge is -2.06. The second-order valence-corrected chi connectivity index (χ2v) is 2.84. The van der Waals surface area contributed by atoms with Crippen molar-refractivity contribution < 1.29 is 14.3 Å². The molecule has 4 heteroatoms. The lowest BCUT2D eigenvalue weighted by Crippen LogP contribution is -2.04. The number of halogens is 1. The summed E-state index contributed by atoms with van der Waals surface area (Å²) in [6.07, 6.45) is 0.895. The number of rotatable bonds is 3. The number of hydrogen-bond donors (Lipinski definition) is 1. The molecule has 0 spiro atoms. The molecule has 0 aliphatic rings. The molecule has 11 heavy (non-hydrogen) atoms. The molecule has 0 bridgehead atoms. The molecule has 1 atom stereocenters. The van der Waals surface area contributed by atoms with Gasteiger partial charge < -0.3 is 14.3 Å². The molecule has 0 aliphatic heterocycles. The van der Waals surface area contributed by atoms with Crippen molar-refractivity contribution >= 4 is 15.9 Å². The topological polar surface area (TPSA) is 42.6 Å². The Morgan fingerprint density at radius 3 is 3.00 bits per heavy atom. The van der Waals surface area contributed by atoms with Gasteiger partial charge in [-0.15, -0.1) is 0 Å². The highest BCUT2D eigenvalue weighted by atomic mass is 79.9. The Hall–Kier alpha value is -0.320. The van der Waals surface area contributed by atoms with Crippen LogP contribution in [-0.2, 0) is 4.74 Å². The van der Waals surface area contributed by atoms with Crippen LogP contribution in [0.15, 0.2) is 21.4 Å². The summed E-state index contributed by atoms with van der Waals surface area (Å²) in [5.74, 6) is 0. The lowest BCUT2D eigenvalue weighted by molar-refractivity contribution is 0.0634. The van der Waals surface area contributed by atoms with Crippen molar-refractivity contribution in [2.45, 2.75) is 6.10 Å². The Labute approximate surface area is 73.1 Å². The number of aliphatic hydroxyl groups excluding tert-OH is 1. The summed E-state index contributed by atoms with van der Waals surface area (Å²) >= 11 is 3.15. The SMILES string of the molecule is COCC(O)c1ccoc1Br. The van der Waals surface area contributed by atoms with E-state index in [9.17, 15) is 5.11 Å². The predicted octanol–water partition coefficient (Wildman–Crippen LogP) is 1.72. The molecular formula is C7H9BrO3. The quantitative estimate of drug-likeness (QED) is 0.844. The third-order valence-corrected chi connectivity index (χ3v) is 1.97. The zero-order valence-electron chi connectivity index (χ0n) is 6.08. The van der Waals surface area contributed by atoms with Crippen LogP contribution < -0.4 is 0 Å². The Kier molecular flexibility index (Phi) is 3.11. The molecule has 1 aromatic rings. The first kappa shape index (κ1) is 8.77. The number of methoxy groups -OCH3 is 1. The van der Waals surface area contributed by atoms with Crippen molar-refractivity contribution in [3.8, 4) is 0 Å². The molecule has 0 saturated carbocycles. The lowest BCUT2D eigenvalue weighted by atomic mass is 10.2. The van der Waals surface area contributed by atoms with Crippen molar-refractivity contribution in [2.75, 3.05) is 13.7 Å². The van der Waals surface area contributed by atoms with E-state index in [-0.39, 0.29) is 6.61 Å². The van der Waals surface area contributed by atoms with Gasteiger partial charge in [-0.25, -0.2) is 0 Å². The van der Waals surface area contributed by atoms with E-state index in [0.717, 1.165) is 0 Å². The van der Waals surface area contributed by atoms with Crippen molar-refractivity contribution in [1.82, 2.24) is 0 Å². The first-order valence-corrected chi connectivity index (χ1v) is 3.95. The van der Waals surface area contributed by atoms with Crippen LogP contribution >= 0.6 is 15.9 Å². The second kappa shape index (κ2) is 3.90. The van der Waals surface area contributed by atoms with Gasteiger partial charge >= 0.3 is 0 Å². The molecule has 0 saturated heterocycles. The fourth-order valence-corrected chi connectivity index (χ4v) is 1.29. The monoisotopic (exact) mass is 220 g/mol. The molecule has 0 aromatic carbocycles. The van der Waals surface area contributed by atoms with Gasteiger partial charge in [-0.1, -0.05) is 0 Å². The molecule has 0 aliphatic carbocycles. The average Bonchev–Trinajstić information content (AvgIpc) is 2.36. The molecule has 1 unspecified atom stereocenters. The Morgan fingerprint density at radius 1 is 1.82 bits per heavy atom. The highest BCUT2D eigenvalue weighted by molar-refractivity contribution is 9.10. The van der Waals surface area contributed by atoms with Gasteiger partial charge in [0, 0.05) is 12.7 Å². The minimum Gasteiger partial charge on any atom is -0.457 e. The van der Waals surface area contributed by atoms with Crippen LogP contribution in [0.4, 0.5) is 0 Å². The highest BCUT2D eigenvalue weighted by Gasteiger charge is 2.12. The van der Waals surface area contributed by atoms with Gasteiger partial charge in [-0.3, -0.25) is 0 Å². The van der Waals surface area contributed by atoms with Gasteiger partial charge in [-0.05, 0) is 22.0 Å². The fourth-order valence-electron chi connectivity index (χ4n) is 0.790. The maximum absolute atomic E-state index is 9.38. The number of ether oxygens (including phenoxy) is 1. The zero-order chi connectivity index (χ0) is 8.27. The van der Waals surface area contributed by atoms with Crippen LogP contribution in [0.1, 0.15) is 11.7 Å². The summed E-state index contributed by atoms with van der Waals surface area (Å²) in [5.41, 5.74) is 0.715. The van der Waals surface area contributed by atoms with Crippen LogP contribution in [0, 0.1) is 0 Å². The van der Waals surface area contributed by atoms with E-state index in [1.807, 2.05) is 0 Å². The van der Waals surface area contributed by atoms with Gasteiger partial charge in [0.25, 0.3) is 0 Å². The minimum absolute atomic E-state index is 0.276. The molecular weight excluding hydrogens is 212 g/mol. The van der Waals surface area contributed by atoms with Crippen LogP contribution in [0.2, 0.25) is 0 Å². The van der Waals surface area contributed by atoms with Crippen LogP contribution in [0.3, 0.4) is 0 Å². The normalized spacial score (nSPS) is 13.4. The van der Waals surface area contributed by atoms with Gasteiger partial charge in [0.2, 0.25) is 0 Å². The van der Waals surface area contributed by atoms with E-state index in [2.05, 4.69) is 15.9 Å². The second-order valence-electron chi connectivity index (χ2n) is 2.12.